The van der Waals surface area contributed by atoms with Crippen LogP contribution in [-0.4, -0.2) is 38.8 Å². The van der Waals surface area contributed by atoms with E-state index in [0.29, 0.717) is 0 Å². The molecule has 0 aromatic carbocycles. The monoisotopic (exact) mass is 221 g/mol. The van der Waals surface area contributed by atoms with Gasteiger partial charge >= 0.3 is 0 Å². The summed E-state index contributed by atoms with van der Waals surface area (Å²) < 4.78 is 5.24. The van der Waals surface area contributed by atoms with Gasteiger partial charge in [-0.25, -0.2) is 4.98 Å². The number of anilines is 2. The molecular formula is C12H19N3O. The molecule has 0 spiro atoms. The van der Waals surface area contributed by atoms with Crippen molar-refractivity contribution in [3.05, 3.63) is 18.3 Å². The molecule has 0 amide bonds. The zero-order chi connectivity index (χ0) is 11.6. The van der Waals surface area contributed by atoms with Gasteiger partial charge in [0, 0.05) is 32.3 Å². The molecule has 4 nitrogen and oxygen atoms in total. The van der Waals surface area contributed by atoms with E-state index in [1.807, 2.05) is 31.3 Å². The third-order valence-corrected chi connectivity index (χ3v) is 2.82. The molecule has 0 bridgehead atoms. The summed E-state index contributed by atoms with van der Waals surface area (Å²) in [5, 5.41) is 3.45. The first-order valence-corrected chi connectivity index (χ1v) is 5.55. The fourth-order valence-electron chi connectivity index (χ4n) is 1.75. The van der Waals surface area contributed by atoms with Crippen LogP contribution in [0.2, 0.25) is 0 Å². The van der Waals surface area contributed by atoms with Crippen molar-refractivity contribution in [2.24, 2.45) is 5.41 Å². The van der Waals surface area contributed by atoms with Crippen molar-refractivity contribution >= 4 is 11.5 Å². The Bertz CT molecular complexity index is 361. The molecule has 1 saturated heterocycles. The number of pyridine rings is 1. The Labute approximate surface area is 96.6 Å². The van der Waals surface area contributed by atoms with E-state index in [4.69, 9.17) is 4.74 Å². The Morgan fingerprint density at radius 2 is 2.25 bits per heavy atom. The van der Waals surface area contributed by atoms with Gasteiger partial charge in [0.25, 0.3) is 0 Å². The molecule has 16 heavy (non-hydrogen) atoms. The Morgan fingerprint density at radius 1 is 1.50 bits per heavy atom. The minimum absolute atomic E-state index is 0.277. The van der Waals surface area contributed by atoms with E-state index >= 15 is 0 Å². The Kier molecular flexibility index (Phi) is 3.01. The second-order valence-corrected chi connectivity index (χ2v) is 4.93. The number of ether oxygens (including phenoxy) is 1. The third-order valence-electron chi connectivity index (χ3n) is 2.82. The summed E-state index contributed by atoms with van der Waals surface area (Å²) in [6, 6.07) is 4.01. The van der Waals surface area contributed by atoms with Gasteiger partial charge in [-0.15, -0.1) is 0 Å². The molecule has 0 aliphatic carbocycles. The van der Waals surface area contributed by atoms with Crippen LogP contribution in [-0.2, 0) is 4.74 Å². The van der Waals surface area contributed by atoms with Crippen molar-refractivity contribution in [1.29, 1.82) is 0 Å². The molecule has 1 N–H and O–H groups in total. The fraction of sp³-hybridized carbons (Fsp3) is 0.583. The van der Waals surface area contributed by atoms with E-state index < -0.39 is 0 Å². The summed E-state index contributed by atoms with van der Waals surface area (Å²) in [5.41, 5.74) is 1.36. The van der Waals surface area contributed by atoms with E-state index in [9.17, 15) is 0 Å². The van der Waals surface area contributed by atoms with Crippen LogP contribution >= 0.6 is 0 Å². The van der Waals surface area contributed by atoms with E-state index in [-0.39, 0.29) is 5.41 Å². The number of nitrogens with one attached hydrogen (secondary N) is 1. The van der Waals surface area contributed by atoms with Crippen LogP contribution in [0.5, 0.6) is 0 Å². The molecule has 0 atom stereocenters. The van der Waals surface area contributed by atoms with Gasteiger partial charge < -0.3 is 15.0 Å². The zero-order valence-electron chi connectivity index (χ0n) is 10.2. The zero-order valence-corrected chi connectivity index (χ0v) is 10.2. The topological polar surface area (TPSA) is 37.4 Å². The normalized spacial score (nSPS) is 17.7. The molecular weight excluding hydrogens is 202 g/mol. The maximum atomic E-state index is 5.24. The number of hydrogen-bond donors (Lipinski definition) is 1. The SMILES string of the molecule is CN(C)c1ncccc1NCC1(C)COC1. The van der Waals surface area contributed by atoms with Crippen molar-refractivity contribution in [3.63, 3.8) is 0 Å². The van der Waals surface area contributed by atoms with Crippen molar-refractivity contribution in [2.75, 3.05) is 44.1 Å². The Hall–Kier alpha value is -1.29. The van der Waals surface area contributed by atoms with Crippen LogP contribution in [0.15, 0.2) is 18.3 Å². The Balaban J connectivity index is 2.03. The molecule has 1 aromatic heterocycles. The van der Waals surface area contributed by atoms with Crippen LogP contribution < -0.4 is 10.2 Å². The summed E-state index contributed by atoms with van der Waals surface area (Å²) in [6.45, 7) is 4.85. The summed E-state index contributed by atoms with van der Waals surface area (Å²) in [6.07, 6.45) is 1.81. The summed E-state index contributed by atoms with van der Waals surface area (Å²) in [5.74, 6) is 0.978. The highest BCUT2D eigenvalue weighted by Crippen LogP contribution is 2.28. The third kappa shape index (κ3) is 2.27. The first-order chi connectivity index (χ1) is 7.61. The van der Waals surface area contributed by atoms with Crippen LogP contribution in [0.3, 0.4) is 0 Å². The molecule has 4 heteroatoms. The van der Waals surface area contributed by atoms with E-state index in [2.05, 4.69) is 23.3 Å². The largest absolute Gasteiger partial charge is 0.381 e. The highest BCUT2D eigenvalue weighted by molar-refractivity contribution is 5.64. The Morgan fingerprint density at radius 3 is 2.81 bits per heavy atom. The lowest BCUT2D eigenvalue weighted by Gasteiger charge is -2.38. The average molecular weight is 221 g/mol. The lowest BCUT2D eigenvalue weighted by Crippen LogP contribution is -2.45. The molecule has 1 aliphatic rings. The number of nitrogens with zero attached hydrogens (tertiary/aromatic N) is 2. The molecule has 0 radical (unpaired) electrons. The fourth-order valence-corrected chi connectivity index (χ4v) is 1.75. The second kappa shape index (κ2) is 4.29. The van der Waals surface area contributed by atoms with Crippen LogP contribution in [0, 0.1) is 5.41 Å². The molecule has 1 aromatic rings. The van der Waals surface area contributed by atoms with Gasteiger partial charge in [-0.05, 0) is 12.1 Å². The highest BCUT2D eigenvalue weighted by Gasteiger charge is 2.33. The first kappa shape index (κ1) is 11.2. The molecule has 2 rings (SSSR count). The van der Waals surface area contributed by atoms with Crippen LogP contribution in [0.1, 0.15) is 6.92 Å². The predicted octanol–water partition coefficient (Wildman–Crippen LogP) is 1.60. The van der Waals surface area contributed by atoms with Gasteiger partial charge in [-0.1, -0.05) is 6.92 Å². The quantitative estimate of drug-likeness (QED) is 0.838. The summed E-state index contributed by atoms with van der Waals surface area (Å²) >= 11 is 0. The maximum absolute atomic E-state index is 5.24. The molecule has 2 heterocycles. The lowest BCUT2D eigenvalue weighted by atomic mass is 9.89. The predicted molar refractivity (Wildman–Crippen MR) is 66.0 cm³/mol. The number of aromatic nitrogens is 1. The molecule has 1 aliphatic heterocycles. The van der Waals surface area contributed by atoms with Gasteiger partial charge in [0.05, 0.1) is 18.9 Å². The van der Waals surface area contributed by atoms with Crippen LogP contribution in [0.25, 0.3) is 0 Å². The minimum Gasteiger partial charge on any atom is -0.381 e. The molecule has 1 fully saturated rings. The van der Waals surface area contributed by atoms with Gasteiger partial charge in [0.15, 0.2) is 5.82 Å². The highest BCUT2D eigenvalue weighted by atomic mass is 16.5. The van der Waals surface area contributed by atoms with Crippen molar-refractivity contribution in [3.8, 4) is 0 Å². The summed E-state index contributed by atoms with van der Waals surface area (Å²) in [4.78, 5) is 6.37. The van der Waals surface area contributed by atoms with Crippen molar-refractivity contribution in [2.45, 2.75) is 6.92 Å². The maximum Gasteiger partial charge on any atom is 0.151 e. The van der Waals surface area contributed by atoms with E-state index in [1.54, 1.807) is 0 Å². The lowest BCUT2D eigenvalue weighted by molar-refractivity contribution is -0.0924. The first-order valence-electron chi connectivity index (χ1n) is 5.55. The molecule has 88 valence electrons. The van der Waals surface area contributed by atoms with Crippen molar-refractivity contribution < 1.29 is 4.74 Å². The molecule has 0 saturated carbocycles. The van der Waals surface area contributed by atoms with E-state index in [0.717, 1.165) is 31.3 Å². The van der Waals surface area contributed by atoms with E-state index in [1.165, 1.54) is 0 Å². The number of rotatable bonds is 4. The van der Waals surface area contributed by atoms with Gasteiger partial charge in [0.2, 0.25) is 0 Å². The van der Waals surface area contributed by atoms with Crippen molar-refractivity contribution in [1.82, 2.24) is 4.98 Å². The summed E-state index contributed by atoms with van der Waals surface area (Å²) in [7, 11) is 4.00. The smallest absolute Gasteiger partial charge is 0.151 e. The van der Waals surface area contributed by atoms with Crippen LogP contribution in [0.4, 0.5) is 11.5 Å². The second-order valence-electron chi connectivity index (χ2n) is 4.93. The standard InChI is InChI=1S/C12H19N3O/c1-12(8-16-9-12)7-14-10-5-4-6-13-11(10)15(2)3/h4-6,14H,7-9H2,1-3H3. The van der Waals surface area contributed by atoms with Gasteiger partial charge in [-0.3, -0.25) is 0 Å². The number of hydrogen-bond acceptors (Lipinski definition) is 4. The van der Waals surface area contributed by atoms with Gasteiger partial charge in [-0.2, -0.15) is 0 Å². The molecule has 0 unspecified atom stereocenters. The average Bonchev–Trinajstić information content (AvgIpc) is 2.24. The van der Waals surface area contributed by atoms with Gasteiger partial charge in [0.1, 0.15) is 0 Å². The minimum atomic E-state index is 0.277.